The smallest absolute Gasteiger partial charge is 0.253 e. The minimum atomic E-state index is -0.222. The van der Waals surface area contributed by atoms with Crippen molar-refractivity contribution < 1.29 is 14.0 Å². The fraction of sp³-hybridized carbons (Fsp3) is 0.462. The monoisotopic (exact) mass is 452 g/mol. The highest BCUT2D eigenvalue weighted by molar-refractivity contribution is 5.94. The molecule has 0 N–H and O–H groups in total. The Kier molecular flexibility index (Phi) is 7.28. The van der Waals surface area contributed by atoms with Gasteiger partial charge in [-0.1, -0.05) is 38.1 Å². The number of anilines is 1. The van der Waals surface area contributed by atoms with Crippen molar-refractivity contribution >= 4 is 17.5 Å². The summed E-state index contributed by atoms with van der Waals surface area (Å²) in [6, 6.07) is 14.7. The average molecular weight is 453 g/mol. The predicted molar refractivity (Wildman–Crippen MR) is 128 cm³/mol. The van der Waals surface area contributed by atoms with E-state index in [4.69, 9.17) is 0 Å². The standard InChI is InChI=1S/C26H33FN4O2/c1-20(2)21-7-9-22(10-8-21)26(33)31-13-11-28(12-14-31)19-25(32)30-17-15-29(16-18-30)24-6-4-3-5-23(24)27/h3-10,20H,11-19H2,1-2H3. The fourth-order valence-corrected chi connectivity index (χ4v) is 4.50. The van der Waals surface area contributed by atoms with E-state index in [9.17, 15) is 14.0 Å². The summed E-state index contributed by atoms with van der Waals surface area (Å²) >= 11 is 0. The molecule has 7 heteroatoms. The number of nitrogens with zero attached hydrogens (tertiary/aromatic N) is 4. The highest BCUT2D eigenvalue weighted by Crippen LogP contribution is 2.20. The summed E-state index contributed by atoms with van der Waals surface area (Å²) in [5, 5.41) is 0. The number of para-hydroxylation sites is 1. The lowest BCUT2D eigenvalue weighted by molar-refractivity contribution is -0.133. The summed E-state index contributed by atoms with van der Waals surface area (Å²) in [4.78, 5) is 33.5. The van der Waals surface area contributed by atoms with Crippen molar-refractivity contribution in [3.05, 3.63) is 65.5 Å². The van der Waals surface area contributed by atoms with Crippen LogP contribution in [0.25, 0.3) is 0 Å². The second-order valence-corrected chi connectivity index (χ2v) is 9.16. The molecule has 0 spiro atoms. The first-order valence-electron chi connectivity index (χ1n) is 11.8. The number of rotatable bonds is 5. The lowest BCUT2D eigenvalue weighted by Crippen LogP contribution is -2.54. The van der Waals surface area contributed by atoms with E-state index >= 15 is 0 Å². The van der Waals surface area contributed by atoms with Crippen molar-refractivity contribution in [1.82, 2.24) is 14.7 Å². The van der Waals surface area contributed by atoms with Gasteiger partial charge in [0.1, 0.15) is 5.82 Å². The van der Waals surface area contributed by atoms with Crippen LogP contribution in [-0.2, 0) is 4.79 Å². The first kappa shape index (κ1) is 23.2. The van der Waals surface area contributed by atoms with E-state index in [0.29, 0.717) is 70.5 Å². The Morgan fingerprint density at radius 3 is 2.03 bits per heavy atom. The van der Waals surface area contributed by atoms with Crippen LogP contribution in [0, 0.1) is 5.82 Å². The number of piperazine rings is 2. The van der Waals surface area contributed by atoms with Crippen molar-refractivity contribution in [2.24, 2.45) is 0 Å². The zero-order valence-corrected chi connectivity index (χ0v) is 19.5. The molecule has 0 bridgehead atoms. The highest BCUT2D eigenvalue weighted by atomic mass is 19.1. The Bertz CT molecular complexity index is 963. The predicted octanol–water partition coefficient (Wildman–Crippen LogP) is 3.06. The van der Waals surface area contributed by atoms with Gasteiger partial charge >= 0.3 is 0 Å². The van der Waals surface area contributed by atoms with E-state index in [2.05, 4.69) is 18.7 Å². The van der Waals surface area contributed by atoms with Crippen LogP contribution < -0.4 is 4.90 Å². The Morgan fingerprint density at radius 1 is 0.818 bits per heavy atom. The van der Waals surface area contributed by atoms with Gasteiger partial charge in [0.15, 0.2) is 0 Å². The van der Waals surface area contributed by atoms with Crippen molar-refractivity contribution in [2.75, 3.05) is 63.8 Å². The molecule has 2 aliphatic heterocycles. The molecule has 2 aromatic rings. The molecule has 4 rings (SSSR count). The van der Waals surface area contributed by atoms with Crippen LogP contribution in [0.1, 0.15) is 35.7 Å². The maximum atomic E-state index is 14.0. The van der Waals surface area contributed by atoms with E-state index in [1.54, 1.807) is 12.1 Å². The second kappa shape index (κ2) is 10.3. The molecule has 0 unspecified atom stereocenters. The molecular weight excluding hydrogens is 419 g/mol. The summed E-state index contributed by atoms with van der Waals surface area (Å²) < 4.78 is 14.0. The van der Waals surface area contributed by atoms with E-state index in [-0.39, 0.29) is 17.6 Å². The number of hydrogen-bond donors (Lipinski definition) is 0. The summed E-state index contributed by atoms with van der Waals surface area (Å²) in [6.45, 7) is 9.72. The Hall–Kier alpha value is -2.93. The van der Waals surface area contributed by atoms with Crippen LogP contribution in [0.5, 0.6) is 0 Å². The van der Waals surface area contributed by atoms with Crippen LogP contribution in [0.2, 0.25) is 0 Å². The van der Waals surface area contributed by atoms with Crippen LogP contribution in [0.3, 0.4) is 0 Å². The zero-order chi connectivity index (χ0) is 23.4. The third-order valence-corrected chi connectivity index (χ3v) is 6.67. The molecule has 176 valence electrons. The molecule has 2 amide bonds. The van der Waals surface area contributed by atoms with Gasteiger partial charge in [-0.15, -0.1) is 0 Å². The molecule has 2 aliphatic rings. The molecule has 2 heterocycles. The Morgan fingerprint density at radius 2 is 1.42 bits per heavy atom. The van der Waals surface area contributed by atoms with E-state index in [1.165, 1.54) is 11.6 Å². The van der Waals surface area contributed by atoms with Crippen molar-refractivity contribution in [3.8, 4) is 0 Å². The minimum Gasteiger partial charge on any atom is -0.366 e. The summed E-state index contributed by atoms with van der Waals surface area (Å²) in [5.74, 6) is 0.381. The first-order chi connectivity index (χ1) is 15.9. The van der Waals surface area contributed by atoms with Crippen LogP contribution in [0.15, 0.2) is 48.5 Å². The zero-order valence-electron chi connectivity index (χ0n) is 19.5. The van der Waals surface area contributed by atoms with Crippen molar-refractivity contribution in [2.45, 2.75) is 19.8 Å². The van der Waals surface area contributed by atoms with Gasteiger partial charge in [0.05, 0.1) is 12.2 Å². The molecule has 33 heavy (non-hydrogen) atoms. The first-order valence-corrected chi connectivity index (χ1v) is 11.8. The van der Waals surface area contributed by atoms with Gasteiger partial charge in [-0.25, -0.2) is 4.39 Å². The maximum absolute atomic E-state index is 14.0. The SMILES string of the molecule is CC(C)c1ccc(C(=O)N2CCN(CC(=O)N3CCN(c4ccccc4F)CC3)CC2)cc1. The lowest BCUT2D eigenvalue weighted by Gasteiger charge is -2.38. The van der Waals surface area contributed by atoms with E-state index in [1.807, 2.05) is 45.0 Å². The molecule has 0 aromatic heterocycles. The number of benzene rings is 2. The quantitative estimate of drug-likeness (QED) is 0.700. The molecule has 0 radical (unpaired) electrons. The summed E-state index contributed by atoms with van der Waals surface area (Å²) in [5.41, 5.74) is 2.55. The molecule has 2 aromatic carbocycles. The highest BCUT2D eigenvalue weighted by Gasteiger charge is 2.27. The average Bonchev–Trinajstić information content (AvgIpc) is 2.84. The number of carbonyl (C=O) groups is 2. The fourth-order valence-electron chi connectivity index (χ4n) is 4.50. The molecule has 0 saturated carbocycles. The van der Waals surface area contributed by atoms with Crippen LogP contribution in [0.4, 0.5) is 10.1 Å². The Labute approximate surface area is 195 Å². The van der Waals surface area contributed by atoms with Gasteiger partial charge in [-0.3, -0.25) is 14.5 Å². The van der Waals surface area contributed by atoms with Gasteiger partial charge in [0.25, 0.3) is 5.91 Å². The Balaban J connectivity index is 1.22. The molecule has 6 nitrogen and oxygen atoms in total. The normalized spacial score (nSPS) is 17.5. The molecule has 0 aliphatic carbocycles. The minimum absolute atomic E-state index is 0.0561. The molecule has 2 fully saturated rings. The maximum Gasteiger partial charge on any atom is 0.253 e. The van der Waals surface area contributed by atoms with Gasteiger partial charge in [0, 0.05) is 57.9 Å². The molecule has 0 atom stereocenters. The van der Waals surface area contributed by atoms with Gasteiger partial charge in [-0.05, 0) is 35.7 Å². The largest absolute Gasteiger partial charge is 0.366 e. The summed E-state index contributed by atoms with van der Waals surface area (Å²) in [6.07, 6.45) is 0. The third kappa shape index (κ3) is 5.53. The second-order valence-electron chi connectivity index (χ2n) is 9.16. The van der Waals surface area contributed by atoms with Gasteiger partial charge in [-0.2, -0.15) is 0 Å². The summed E-state index contributed by atoms with van der Waals surface area (Å²) in [7, 11) is 0. The lowest BCUT2D eigenvalue weighted by atomic mass is 10.0. The number of carbonyl (C=O) groups excluding carboxylic acids is 2. The number of halogens is 1. The van der Waals surface area contributed by atoms with Crippen molar-refractivity contribution in [3.63, 3.8) is 0 Å². The van der Waals surface area contributed by atoms with E-state index in [0.717, 1.165) is 5.56 Å². The third-order valence-electron chi connectivity index (χ3n) is 6.67. The topological polar surface area (TPSA) is 47.1 Å². The van der Waals surface area contributed by atoms with E-state index < -0.39 is 0 Å². The van der Waals surface area contributed by atoms with Gasteiger partial charge in [0.2, 0.25) is 5.91 Å². The number of hydrogen-bond acceptors (Lipinski definition) is 4. The van der Waals surface area contributed by atoms with Crippen LogP contribution >= 0.6 is 0 Å². The van der Waals surface area contributed by atoms with Crippen LogP contribution in [-0.4, -0.2) is 85.4 Å². The molecular formula is C26H33FN4O2. The number of amides is 2. The van der Waals surface area contributed by atoms with Gasteiger partial charge < -0.3 is 14.7 Å². The van der Waals surface area contributed by atoms with Crippen molar-refractivity contribution in [1.29, 1.82) is 0 Å². The molecule has 2 saturated heterocycles.